The maximum absolute atomic E-state index is 6.08. The van der Waals surface area contributed by atoms with Crippen molar-refractivity contribution in [1.82, 2.24) is 25.0 Å². The fourth-order valence-electron chi connectivity index (χ4n) is 1.82. The first kappa shape index (κ1) is 15.0. The van der Waals surface area contributed by atoms with Crippen molar-refractivity contribution in [3.63, 3.8) is 0 Å². The number of nitrogens with zero attached hydrogens (tertiary/aromatic N) is 5. The van der Waals surface area contributed by atoms with Gasteiger partial charge in [-0.05, 0) is 12.1 Å². The minimum atomic E-state index is 0.498. The van der Waals surface area contributed by atoms with Crippen LogP contribution in [-0.4, -0.2) is 25.0 Å². The maximum Gasteiger partial charge on any atom is 0.237 e. The van der Waals surface area contributed by atoms with Crippen LogP contribution < -0.4 is 5.84 Å². The molecule has 0 fully saturated rings. The third-order valence-electron chi connectivity index (χ3n) is 2.93. The fraction of sp³-hybridized carbons (Fsp3) is 0.231. The van der Waals surface area contributed by atoms with Crippen LogP contribution in [0.25, 0.3) is 11.4 Å². The van der Waals surface area contributed by atoms with Crippen LogP contribution in [-0.2, 0) is 12.2 Å². The van der Waals surface area contributed by atoms with Gasteiger partial charge in [-0.2, -0.15) is 4.98 Å². The third kappa shape index (κ3) is 3.00. The van der Waals surface area contributed by atoms with Crippen molar-refractivity contribution >= 4 is 27.7 Å². The van der Waals surface area contributed by atoms with Gasteiger partial charge < -0.3 is 10.4 Å². The molecule has 0 aliphatic heterocycles. The highest BCUT2D eigenvalue weighted by Gasteiger charge is 2.15. The standard InChI is InChI=1S/C13H13BrN6OS/c1-2-10-16-11(21-19-10)7-22-13-18-17-12(20(13)15)8-5-3-4-6-9(8)14/h3-6H,2,7,15H2,1H3. The number of hydrogen-bond donors (Lipinski definition) is 1. The molecule has 114 valence electrons. The summed E-state index contributed by atoms with van der Waals surface area (Å²) in [5.41, 5.74) is 0.885. The first-order chi connectivity index (χ1) is 10.7. The number of nitrogen functional groups attached to an aromatic ring is 1. The monoisotopic (exact) mass is 380 g/mol. The normalized spacial score (nSPS) is 11.0. The summed E-state index contributed by atoms with van der Waals surface area (Å²) in [5.74, 6) is 8.42. The summed E-state index contributed by atoms with van der Waals surface area (Å²) in [7, 11) is 0. The molecule has 0 aliphatic carbocycles. The van der Waals surface area contributed by atoms with Gasteiger partial charge in [0, 0.05) is 16.5 Å². The molecule has 0 aliphatic rings. The SMILES string of the molecule is CCc1noc(CSc2nnc(-c3ccccc3Br)n2N)n1. The predicted molar refractivity (Wildman–Crippen MR) is 86.5 cm³/mol. The molecule has 2 N–H and O–H groups in total. The van der Waals surface area contributed by atoms with Crippen molar-refractivity contribution in [2.24, 2.45) is 0 Å². The number of benzene rings is 1. The Labute approximate surface area is 139 Å². The Morgan fingerprint density at radius 1 is 1.32 bits per heavy atom. The summed E-state index contributed by atoms with van der Waals surface area (Å²) in [5, 5.41) is 12.7. The van der Waals surface area contributed by atoms with Gasteiger partial charge in [0.15, 0.2) is 11.6 Å². The van der Waals surface area contributed by atoms with E-state index >= 15 is 0 Å². The Kier molecular flexibility index (Phi) is 4.44. The van der Waals surface area contributed by atoms with Gasteiger partial charge >= 0.3 is 0 Å². The third-order valence-corrected chi connectivity index (χ3v) is 4.55. The molecule has 2 aromatic heterocycles. The topological polar surface area (TPSA) is 95.7 Å². The van der Waals surface area contributed by atoms with E-state index in [1.807, 2.05) is 31.2 Å². The molecule has 3 aromatic rings. The van der Waals surface area contributed by atoms with Gasteiger partial charge in [-0.1, -0.05) is 51.9 Å². The first-order valence-corrected chi connectivity index (χ1v) is 8.36. The van der Waals surface area contributed by atoms with Crippen LogP contribution in [0.5, 0.6) is 0 Å². The largest absolute Gasteiger partial charge is 0.338 e. The van der Waals surface area contributed by atoms with Gasteiger partial charge in [-0.3, -0.25) is 0 Å². The first-order valence-electron chi connectivity index (χ1n) is 6.58. The van der Waals surface area contributed by atoms with Crippen LogP contribution in [0.1, 0.15) is 18.6 Å². The second-order valence-electron chi connectivity index (χ2n) is 4.40. The zero-order chi connectivity index (χ0) is 15.5. The molecular weight excluding hydrogens is 368 g/mol. The molecule has 0 spiro atoms. The smallest absolute Gasteiger partial charge is 0.237 e. The lowest BCUT2D eigenvalue weighted by Gasteiger charge is -2.04. The lowest BCUT2D eigenvalue weighted by molar-refractivity contribution is 0.385. The van der Waals surface area contributed by atoms with Crippen molar-refractivity contribution in [3.05, 3.63) is 40.5 Å². The number of thioether (sulfide) groups is 1. The molecule has 1 aromatic carbocycles. The number of nitrogens with two attached hydrogens (primary N) is 1. The van der Waals surface area contributed by atoms with Gasteiger partial charge in [-0.15, -0.1) is 10.2 Å². The van der Waals surface area contributed by atoms with Crippen molar-refractivity contribution in [2.45, 2.75) is 24.3 Å². The van der Waals surface area contributed by atoms with E-state index in [4.69, 9.17) is 10.4 Å². The minimum absolute atomic E-state index is 0.498. The average molecular weight is 381 g/mol. The Bertz CT molecular complexity index is 786. The van der Waals surface area contributed by atoms with Crippen LogP contribution >= 0.6 is 27.7 Å². The van der Waals surface area contributed by atoms with Gasteiger partial charge in [0.25, 0.3) is 0 Å². The van der Waals surface area contributed by atoms with Crippen LogP contribution in [0, 0.1) is 0 Å². The van der Waals surface area contributed by atoms with Crippen molar-refractivity contribution < 1.29 is 4.52 Å². The van der Waals surface area contributed by atoms with E-state index < -0.39 is 0 Å². The molecule has 0 bridgehead atoms. The summed E-state index contributed by atoms with van der Waals surface area (Å²) >= 11 is 4.88. The summed E-state index contributed by atoms with van der Waals surface area (Å²) < 4.78 is 7.51. The van der Waals surface area contributed by atoms with Gasteiger partial charge in [-0.25, -0.2) is 4.68 Å². The fourth-order valence-corrected chi connectivity index (χ4v) is 2.98. The highest BCUT2D eigenvalue weighted by atomic mass is 79.9. The minimum Gasteiger partial charge on any atom is -0.338 e. The number of aryl methyl sites for hydroxylation is 1. The highest BCUT2D eigenvalue weighted by molar-refractivity contribution is 9.10. The molecule has 0 atom stereocenters. The Morgan fingerprint density at radius 2 is 2.14 bits per heavy atom. The molecule has 7 nitrogen and oxygen atoms in total. The van der Waals surface area contributed by atoms with E-state index in [9.17, 15) is 0 Å². The van der Waals surface area contributed by atoms with E-state index in [0.717, 1.165) is 16.5 Å². The molecule has 0 amide bonds. The molecule has 2 heterocycles. The number of halogens is 1. The molecule has 22 heavy (non-hydrogen) atoms. The van der Waals surface area contributed by atoms with E-state index in [1.54, 1.807) is 0 Å². The lowest BCUT2D eigenvalue weighted by Crippen LogP contribution is -2.11. The zero-order valence-electron chi connectivity index (χ0n) is 11.7. The molecular formula is C13H13BrN6OS. The van der Waals surface area contributed by atoms with Crippen LogP contribution in [0.15, 0.2) is 38.4 Å². The number of aromatic nitrogens is 5. The molecule has 0 unspecified atom stereocenters. The summed E-state index contributed by atoms with van der Waals surface area (Å²) in [6.45, 7) is 1.97. The van der Waals surface area contributed by atoms with E-state index in [1.165, 1.54) is 16.4 Å². The molecule has 3 rings (SSSR count). The molecule has 9 heteroatoms. The Hall–Kier alpha value is -1.87. The van der Waals surface area contributed by atoms with Gasteiger partial charge in [0.1, 0.15) is 0 Å². The van der Waals surface area contributed by atoms with Crippen molar-refractivity contribution in [3.8, 4) is 11.4 Å². The summed E-state index contributed by atoms with van der Waals surface area (Å²) in [6.07, 6.45) is 0.743. The summed E-state index contributed by atoms with van der Waals surface area (Å²) in [4.78, 5) is 4.25. The van der Waals surface area contributed by atoms with E-state index in [-0.39, 0.29) is 0 Å². The van der Waals surface area contributed by atoms with Crippen LogP contribution in [0.2, 0.25) is 0 Å². The van der Waals surface area contributed by atoms with Crippen molar-refractivity contribution in [1.29, 1.82) is 0 Å². The van der Waals surface area contributed by atoms with Crippen LogP contribution in [0.3, 0.4) is 0 Å². The molecule has 0 saturated carbocycles. The van der Waals surface area contributed by atoms with Crippen LogP contribution in [0.4, 0.5) is 0 Å². The molecule has 0 saturated heterocycles. The Balaban J connectivity index is 1.77. The van der Waals surface area contributed by atoms with Gasteiger partial charge in [0.2, 0.25) is 11.0 Å². The quantitative estimate of drug-likeness (QED) is 0.536. The second kappa shape index (κ2) is 6.49. The van der Waals surface area contributed by atoms with E-state index in [0.29, 0.717) is 28.4 Å². The number of hydrogen-bond acceptors (Lipinski definition) is 7. The highest BCUT2D eigenvalue weighted by Crippen LogP contribution is 2.28. The zero-order valence-corrected chi connectivity index (χ0v) is 14.1. The maximum atomic E-state index is 6.08. The summed E-state index contributed by atoms with van der Waals surface area (Å²) in [6, 6.07) is 7.71. The van der Waals surface area contributed by atoms with Crippen molar-refractivity contribution in [2.75, 3.05) is 5.84 Å². The van der Waals surface area contributed by atoms with E-state index in [2.05, 4.69) is 36.3 Å². The Morgan fingerprint density at radius 3 is 2.86 bits per heavy atom. The molecule has 0 radical (unpaired) electrons. The lowest BCUT2D eigenvalue weighted by atomic mass is 10.2. The second-order valence-corrected chi connectivity index (χ2v) is 6.20. The predicted octanol–water partition coefficient (Wildman–Crippen LogP) is 2.66. The average Bonchev–Trinajstić information content (AvgIpc) is 3.13. The number of rotatable bonds is 5. The van der Waals surface area contributed by atoms with Gasteiger partial charge in [0.05, 0.1) is 5.75 Å².